The lowest BCUT2D eigenvalue weighted by Crippen LogP contribution is -2.28. The van der Waals surface area contributed by atoms with E-state index in [1.165, 1.54) is 27.5 Å². The van der Waals surface area contributed by atoms with Gasteiger partial charge in [0.05, 0.1) is 16.7 Å². The fraction of sp³-hybridized carbons (Fsp3) is 0.167. The van der Waals surface area contributed by atoms with Gasteiger partial charge in [-0.2, -0.15) is 10.1 Å². The van der Waals surface area contributed by atoms with Crippen molar-refractivity contribution in [1.82, 2.24) is 30.0 Å². The van der Waals surface area contributed by atoms with Crippen LogP contribution in [0.15, 0.2) is 58.1 Å². The molecule has 0 unspecified atom stereocenters. The van der Waals surface area contributed by atoms with Crippen molar-refractivity contribution >= 4 is 39.9 Å². The number of nitrogens with zero attached hydrogens (tertiary/aromatic N) is 4. The fourth-order valence-corrected chi connectivity index (χ4v) is 4.20. The average molecular weight is 413 g/mol. The first-order valence-corrected chi connectivity index (χ1v) is 10.4. The Kier molecular flexibility index (Phi) is 5.49. The van der Waals surface area contributed by atoms with E-state index in [2.05, 4.69) is 25.5 Å². The van der Waals surface area contributed by atoms with Gasteiger partial charge in [-0.05, 0) is 30.0 Å². The average Bonchev–Trinajstić information content (AvgIpc) is 3.41. The topological polar surface area (TPSA) is 106 Å². The Bertz CT molecular complexity index is 1140. The van der Waals surface area contributed by atoms with E-state index in [0.717, 1.165) is 6.42 Å². The van der Waals surface area contributed by atoms with Crippen LogP contribution in [0.3, 0.4) is 0 Å². The number of hydrogen-bond acceptors (Lipinski definition) is 7. The maximum Gasteiger partial charge on any atom is 0.269 e. The van der Waals surface area contributed by atoms with Gasteiger partial charge in [-0.15, -0.1) is 11.3 Å². The number of carbonyl (C=O) groups excluding carboxylic acids is 1. The Hall–Kier alpha value is -2.98. The molecule has 2 N–H and O–H groups in total. The lowest BCUT2D eigenvalue weighted by Gasteiger charge is -2.10. The maximum atomic E-state index is 12.9. The zero-order chi connectivity index (χ0) is 19.3. The van der Waals surface area contributed by atoms with Crippen LogP contribution >= 0.6 is 23.1 Å². The van der Waals surface area contributed by atoms with E-state index in [1.807, 2.05) is 23.6 Å². The molecule has 0 radical (unpaired) electrons. The van der Waals surface area contributed by atoms with Gasteiger partial charge in [0.15, 0.2) is 5.16 Å². The third kappa shape index (κ3) is 3.97. The van der Waals surface area contributed by atoms with Crippen LogP contribution in [-0.4, -0.2) is 42.9 Å². The van der Waals surface area contributed by atoms with Crippen LogP contribution in [0, 0.1) is 0 Å². The number of nitrogens with one attached hydrogen (secondary N) is 2. The van der Waals surface area contributed by atoms with Crippen molar-refractivity contribution in [2.75, 3.05) is 12.3 Å². The second-order valence-electron chi connectivity index (χ2n) is 5.83. The number of H-pyrrole nitrogens is 1. The van der Waals surface area contributed by atoms with Gasteiger partial charge in [0.2, 0.25) is 11.9 Å². The molecule has 0 spiro atoms. The molecule has 28 heavy (non-hydrogen) atoms. The van der Waals surface area contributed by atoms with E-state index in [9.17, 15) is 9.59 Å². The van der Waals surface area contributed by atoms with E-state index in [-0.39, 0.29) is 23.2 Å². The number of thioether (sulfide) groups is 1. The molecule has 0 aliphatic heterocycles. The van der Waals surface area contributed by atoms with E-state index in [1.54, 1.807) is 29.5 Å². The summed E-state index contributed by atoms with van der Waals surface area (Å²) >= 11 is 2.85. The number of rotatable bonds is 7. The zero-order valence-electron chi connectivity index (χ0n) is 14.7. The van der Waals surface area contributed by atoms with Crippen LogP contribution in [0.4, 0.5) is 0 Å². The summed E-state index contributed by atoms with van der Waals surface area (Å²) in [4.78, 5) is 35.0. The molecule has 10 heteroatoms. The molecule has 3 aromatic heterocycles. The first-order chi connectivity index (χ1) is 13.7. The van der Waals surface area contributed by atoms with Crippen molar-refractivity contribution in [1.29, 1.82) is 0 Å². The molecule has 0 aliphatic carbocycles. The minimum atomic E-state index is -0.261. The van der Waals surface area contributed by atoms with Crippen LogP contribution in [0.25, 0.3) is 16.9 Å². The third-order valence-electron chi connectivity index (χ3n) is 3.97. The summed E-state index contributed by atoms with van der Waals surface area (Å²) in [6.07, 6.45) is 2.12. The Balaban J connectivity index is 1.52. The second kappa shape index (κ2) is 8.36. The second-order valence-corrected chi connectivity index (χ2v) is 7.80. The number of benzene rings is 1. The third-order valence-corrected chi connectivity index (χ3v) is 5.84. The summed E-state index contributed by atoms with van der Waals surface area (Å²) in [6, 6.07) is 11.1. The maximum absolute atomic E-state index is 12.9. The summed E-state index contributed by atoms with van der Waals surface area (Å²) in [6.45, 7) is 0.569. The summed E-state index contributed by atoms with van der Waals surface area (Å²) in [5.41, 5.74) is 0.312. The van der Waals surface area contributed by atoms with Gasteiger partial charge in [0, 0.05) is 11.4 Å². The van der Waals surface area contributed by atoms with E-state index in [4.69, 9.17) is 0 Å². The van der Waals surface area contributed by atoms with E-state index in [0.29, 0.717) is 22.6 Å². The Morgan fingerprint density at radius 2 is 2.14 bits per heavy atom. The van der Waals surface area contributed by atoms with Crippen molar-refractivity contribution in [2.24, 2.45) is 0 Å². The minimum Gasteiger partial charge on any atom is -0.355 e. The van der Waals surface area contributed by atoms with Crippen molar-refractivity contribution in [3.8, 4) is 5.95 Å². The highest BCUT2D eigenvalue weighted by Crippen LogP contribution is 2.19. The van der Waals surface area contributed by atoms with Crippen molar-refractivity contribution in [2.45, 2.75) is 11.6 Å². The predicted molar refractivity (Wildman–Crippen MR) is 109 cm³/mol. The lowest BCUT2D eigenvalue weighted by molar-refractivity contribution is -0.118. The number of aromatic amines is 1. The van der Waals surface area contributed by atoms with Crippen LogP contribution in [0.1, 0.15) is 4.88 Å². The quantitative estimate of drug-likeness (QED) is 0.355. The molecule has 4 rings (SSSR count). The van der Waals surface area contributed by atoms with Gasteiger partial charge >= 0.3 is 0 Å². The molecule has 0 bridgehead atoms. The number of amides is 1. The Morgan fingerprint density at radius 1 is 1.25 bits per heavy atom. The van der Waals surface area contributed by atoms with Gasteiger partial charge in [-0.1, -0.05) is 30.0 Å². The summed E-state index contributed by atoms with van der Waals surface area (Å²) in [5, 5.41) is 12.3. The largest absolute Gasteiger partial charge is 0.355 e. The lowest BCUT2D eigenvalue weighted by atomic mass is 10.2. The molecular formula is C18H16N6O2S2. The number of hydrogen-bond donors (Lipinski definition) is 2. The van der Waals surface area contributed by atoms with Gasteiger partial charge in [-0.25, -0.2) is 14.6 Å². The van der Waals surface area contributed by atoms with Crippen molar-refractivity contribution in [3.05, 3.63) is 63.3 Å². The fourth-order valence-electron chi connectivity index (χ4n) is 2.66. The molecule has 0 saturated heterocycles. The number of fused-ring (bicyclic) bond motifs is 1. The first kappa shape index (κ1) is 18.4. The predicted octanol–water partition coefficient (Wildman–Crippen LogP) is 2.02. The van der Waals surface area contributed by atoms with Gasteiger partial charge in [-0.3, -0.25) is 9.59 Å². The molecule has 8 nitrogen and oxygen atoms in total. The zero-order valence-corrected chi connectivity index (χ0v) is 16.3. The molecular weight excluding hydrogens is 396 g/mol. The summed E-state index contributed by atoms with van der Waals surface area (Å²) in [5.74, 6) is 0.292. The van der Waals surface area contributed by atoms with Crippen LogP contribution in [0.2, 0.25) is 0 Å². The minimum absolute atomic E-state index is 0.118. The molecule has 1 aromatic carbocycles. The number of carbonyl (C=O) groups is 1. The molecule has 4 aromatic rings. The Labute approximate surface area is 168 Å². The number of para-hydroxylation sites is 1. The van der Waals surface area contributed by atoms with Crippen LogP contribution < -0.4 is 10.9 Å². The number of aromatic nitrogens is 5. The SMILES string of the molecule is O=C(CSc1nc2ccccc2c(=O)n1-c1ncn[nH]1)NCCc1cccs1. The highest BCUT2D eigenvalue weighted by molar-refractivity contribution is 7.99. The molecule has 0 saturated carbocycles. The monoisotopic (exact) mass is 412 g/mol. The summed E-state index contributed by atoms with van der Waals surface area (Å²) in [7, 11) is 0. The van der Waals surface area contributed by atoms with E-state index < -0.39 is 0 Å². The van der Waals surface area contributed by atoms with Crippen molar-refractivity contribution in [3.63, 3.8) is 0 Å². The molecule has 0 fully saturated rings. The van der Waals surface area contributed by atoms with E-state index >= 15 is 0 Å². The van der Waals surface area contributed by atoms with Gasteiger partial charge < -0.3 is 5.32 Å². The highest BCUT2D eigenvalue weighted by Gasteiger charge is 2.16. The molecule has 3 heterocycles. The van der Waals surface area contributed by atoms with Crippen LogP contribution in [-0.2, 0) is 11.2 Å². The molecule has 1 amide bonds. The smallest absolute Gasteiger partial charge is 0.269 e. The first-order valence-electron chi connectivity index (χ1n) is 8.52. The van der Waals surface area contributed by atoms with Crippen LogP contribution in [0.5, 0.6) is 0 Å². The molecule has 0 atom stereocenters. The van der Waals surface area contributed by atoms with Gasteiger partial charge in [0.1, 0.15) is 6.33 Å². The van der Waals surface area contributed by atoms with Gasteiger partial charge in [0.25, 0.3) is 5.56 Å². The molecule has 0 aliphatic rings. The normalized spacial score (nSPS) is 11.0. The highest BCUT2D eigenvalue weighted by atomic mass is 32.2. The van der Waals surface area contributed by atoms with Crippen molar-refractivity contribution < 1.29 is 4.79 Å². The standard InChI is InChI=1S/C18H16N6O2S2/c25-15(19-8-7-12-4-3-9-27-12)10-28-18-22-14-6-2-1-5-13(14)16(26)24(18)17-20-11-21-23-17/h1-6,9,11H,7-8,10H2,(H,19,25)(H,20,21,23). The Morgan fingerprint density at radius 3 is 2.93 bits per heavy atom. The number of thiophene rings is 1. The molecule has 142 valence electrons. The summed E-state index contributed by atoms with van der Waals surface area (Å²) < 4.78 is 1.35.